The summed E-state index contributed by atoms with van der Waals surface area (Å²) < 4.78 is 5.45. The number of carbonyl (C=O) groups is 5. The molecule has 0 saturated carbocycles. The maximum absolute atomic E-state index is 13.8. The zero-order chi connectivity index (χ0) is 39.7. The number of aryl methyl sites for hydroxylation is 2. The summed E-state index contributed by atoms with van der Waals surface area (Å²) in [6, 6.07) is 20.3. The minimum atomic E-state index is -0.936. The quantitative estimate of drug-likeness (QED) is 0.0874. The molecule has 11 nitrogen and oxygen atoms in total. The monoisotopic (exact) mass is 730 g/mol. The minimum Gasteiger partial charge on any atom is -0.506 e. The molecule has 1 heterocycles. The van der Waals surface area contributed by atoms with Crippen molar-refractivity contribution in [2.24, 2.45) is 11.8 Å². The number of nitrogen functional groups attached to an aromatic ring is 1. The molecule has 3 amide bonds. The predicted molar refractivity (Wildman–Crippen MR) is 209 cm³/mol. The fourth-order valence-corrected chi connectivity index (χ4v) is 5.25. The number of nitrogens with zero attached hydrogens (tertiary/aromatic N) is 1. The molecule has 0 aromatic heterocycles. The summed E-state index contributed by atoms with van der Waals surface area (Å²) in [7, 11) is 0. The second kappa shape index (κ2) is 22.0. The van der Waals surface area contributed by atoms with Gasteiger partial charge in [0.2, 0.25) is 11.8 Å². The Balaban J connectivity index is 0.000000578. The van der Waals surface area contributed by atoms with Crippen molar-refractivity contribution in [3.63, 3.8) is 0 Å². The second-order valence-corrected chi connectivity index (χ2v) is 13.7. The first-order chi connectivity index (χ1) is 25.1. The minimum absolute atomic E-state index is 0.0428. The smallest absolute Gasteiger partial charge is 0.308 e. The number of ether oxygens (including phenoxy) is 1. The molecular weight excluding hydrogens is 672 g/mol. The molecule has 0 bridgehead atoms. The Bertz CT molecular complexity index is 1660. The van der Waals surface area contributed by atoms with Crippen molar-refractivity contribution >= 4 is 40.8 Å². The van der Waals surface area contributed by atoms with E-state index >= 15 is 0 Å². The summed E-state index contributed by atoms with van der Waals surface area (Å²) in [5.74, 6) is -1.14. The fraction of sp³-hybridized carbons (Fsp3) is 0.452. The number of esters is 1. The Morgan fingerprint density at radius 1 is 0.943 bits per heavy atom. The number of amides is 3. The van der Waals surface area contributed by atoms with E-state index in [1.165, 1.54) is 28.7 Å². The number of ketones is 1. The van der Waals surface area contributed by atoms with Gasteiger partial charge in [-0.05, 0) is 74.4 Å². The van der Waals surface area contributed by atoms with Crippen LogP contribution in [0.1, 0.15) is 95.6 Å². The summed E-state index contributed by atoms with van der Waals surface area (Å²) in [5.41, 5.74) is 8.67. The van der Waals surface area contributed by atoms with Crippen molar-refractivity contribution in [3.8, 4) is 5.75 Å². The van der Waals surface area contributed by atoms with E-state index in [-0.39, 0.29) is 54.1 Å². The van der Waals surface area contributed by atoms with Gasteiger partial charge in [0.1, 0.15) is 30.2 Å². The first-order valence-corrected chi connectivity index (χ1v) is 18.4. The molecule has 4 atom stereocenters. The van der Waals surface area contributed by atoms with E-state index in [1.807, 2.05) is 39.0 Å². The third-order valence-corrected chi connectivity index (χ3v) is 9.14. The molecule has 3 aromatic rings. The van der Waals surface area contributed by atoms with Crippen LogP contribution in [0.15, 0.2) is 72.8 Å². The van der Waals surface area contributed by atoms with Gasteiger partial charge in [-0.1, -0.05) is 96.5 Å². The lowest BCUT2D eigenvalue weighted by Gasteiger charge is -2.29. The number of rotatable bonds is 13. The van der Waals surface area contributed by atoms with E-state index in [0.717, 1.165) is 18.4 Å². The summed E-state index contributed by atoms with van der Waals surface area (Å²) in [5, 5.41) is 15.3. The van der Waals surface area contributed by atoms with Gasteiger partial charge < -0.3 is 31.1 Å². The van der Waals surface area contributed by atoms with Gasteiger partial charge in [0.15, 0.2) is 0 Å². The largest absolute Gasteiger partial charge is 0.506 e. The molecule has 1 aliphatic rings. The number of para-hydroxylation sites is 1. The molecule has 4 unspecified atom stereocenters. The van der Waals surface area contributed by atoms with Gasteiger partial charge in [0, 0.05) is 17.2 Å². The van der Waals surface area contributed by atoms with E-state index in [9.17, 15) is 29.1 Å². The molecule has 53 heavy (non-hydrogen) atoms. The van der Waals surface area contributed by atoms with Crippen LogP contribution in [-0.2, 0) is 30.3 Å². The van der Waals surface area contributed by atoms with Crippen molar-refractivity contribution < 1.29 is 33.8 Å². The Hall–Kier alpha value is -5.19. The molecule has 1 saturated heterocycles. The Morgan fingerprint density at radius 3 is 2.09 bits per heavy atom. The average molecular weight is 731 g/mol. The van der Waals surface area contributed by atoms with Crippen molar-refractivity contribution in [2.75, 3.05) is 17.2 Å². The predicted octanol–water partition coefficient (Wildman–Crippen LogP) is 6.54. The zero-order valence-electron chi connectivity index (χ0n) is 32.5. The highest BCUT2D eigenvalue weighted by Gasteiger charge is 2.37. The van der Waals surface area contributed by atoms with Crippen molar-refractivity contribution in [3.05, 3.63) is 89.5 Å². The maximum atomic E-state index is 13.8. The number of benzene rings is 3. The molecule has 0 radical (unpaired) electrons. The van der Waals surface area contributed by atoms with Gasteiger partial charge in [-0.3, -0.25) is 24.0 Å². The van der Waals surface area contributed by atoms with Gasteiger partial charge in [-0.15, -0.1) is 0 Å². The molecule has 0 aliphatic carbocycles. The first kappa shape index (κ1) is 44.0. The number of anilines is 2. The van der Waals surface area contributed by atoms with Crippen LogP contribution in [-0.4, -0.2) is 59.3 Å². The third-order valence-electron chi connectivity index (χ3n) is 9.14. The van der Waals surface area contributed by atoms with Crippen LogP contribution in [0.3, 0.4) is 0 Å². The van der Waals surface area contributed by atoms with Crippen LogP contribution >= 0.6 is 0 Å². The molecule has 1 fully saturated rings. The van der Waals surface area contributed by atoms with Crippen molar-refractivity contribution in [1.82, 2.24) is 10.6 Å². The third kappa shape index (κ3) is 14.4. The number of phenols is 1. The highest BCUT2D eigenvalue weighted by molar-refractivity contribution is 6.05. The van der Waals surface area contributed by atoms with Gasteiger partial charge in [-0.25, -0.2) is 0 Å². The number of carbonyl (C=O) groups excluding carboxylic acids is 5. The van der Waals surface area contributed by atoms with Gasteiger partial charge in [-0.2, -0.15) is 0 Å². The van der Waals surface area contributed by atoms with Crippen LogP contribution in [0, 0.1) is 18.8 Å². The molecule has 1 aliphatic heterocycles. The maximum Gasteiger partial charge on any atom is 0.308 e. The van der Waals surface area contributed by atoms with Gasteiger partial charge in [0.25, 0.3) is 5.91 Å². The molecule has 0 spiro atoms. The van der Waals surface area contributed by atoms with E-state index in [2.05, 4.69) is 55.7 Å². The lowest BCUT2D eigenvalue weighted by Crippen LogP contribution is -2.52. The number of hydrogen-bond acceptors (Lipinski definition) is 8. The Kier molecular flexibility index (Phi) is 18.3. The topological polar surface area (TPSA) is 168 Å². The number of phenolic OH excluding ortho intramolecular Hbond substituents is 1. The number of hydrogen-bond donors (Lipinski definition) is 4. The number of nitrogens with one attached hydrogen (secondary N) is 2. The first-order valence-electron chi connectivity index (χ1n) is 18.4. The highest BCUT2D eigenvalue weighted by Crippen LogP contribution is 2.25. The molecule has 5 N–H and O–H groups in total. The summed E-state index contributed by atoms with van der Waals surface area (Å²) in [6.07, 6.45) is 2.63. The van der Waals surface area contributed by atoms with Crippen LogP contribution in [0.5, 0.6) is 5.75 Å². The van der Waals surface area contributed by atoms with Crippen molar-refractivity contribution in [2.45, 2.75) is 106 Å². The van der Waals surface area contributed by atoms with E-state index in [4.69, 9.17) is 10.5 Å². The molecule has 288 valence electrons. The normalized spacial score (nSPS) is 15.8. The Labute approximate surface area is 314 Å². The fourth-order valence-electron chi connectivity index (χ4n) is 5.25. The molecule has 3 aromatic carbocycles. The number of Topliss-reactive ketones (excluding diaryl/α,β-unsaturated/α-hetero) is 1. The SMILES string of the molecule is CC(=O)C(C)C.CCC(C)CC1OC(=O)CC1NC(=O)CN(C(=O)C(CC)NC(=O)c1ccc(O)c(N)c1)c1ccccc1C.CCc1ccccc1. The van der Waals surface area contributed by atoms with Gasteiger partial charge >= 0.3 is 5.97 Å². The summed E-state index contributed by atoms with van der Waals surface area (Å²) in [6.45, 7) is 15.0. The van der Waals surface area contributed by atoms with Crippen LogP contribution in [0.4, 0.5) is 11.4 Å². The van der Waals surface area contributed by atoms with Crippen molar-refractivity contribution in [1.29, 1.82) is 0 Å². The van der Waals surface area contributed by atoms with E-state index in [1.54, 1.807) is 26.0 Å². The highest BCUT2D eigenvalue weighted by atomic mass is 16.6. The number of aromatic hydroxyl groups is 1. The number of nitrogens with two attached hydrogens (primary N) is 1. The second-order valence-electron chi connectivity index (χ2n) is 13.7. The molecule has 11 heteroatoms. The lowest BCUT2D eigenvalue weighted by molar-refractivity contribution is -0.142. The van der Waals surface area contributed by atoms with E-state index in [0.29, 0.717) is 18.0 Å². The molecule has 4 rings (SSSR count). The van der Waals surface area contributed by atoms with Crippen LogP contribution < -0.4 is 21.3 Å². The standard InChI is InChI=1S/C29H38N4O6.C8H10.C5H10O/c1-5-17(3)13-25-22(15-27(36)39-25)31-26(35)16-33(23-10-8-7-9-18(23)4)29(38)21(6-2)32-28(37)19-11-12-24(34)20(30)14-19;1-2-8-6-4-3-5-7-8;1-4(2)5(3)6/h7-12,14,17,21-22,25,34H,5-6,13,15-16,30H2,1-4H3,(H,31,35)(H,32,37);3-7H,2H2,1H3;4H,1-3H3. The summed E-state index contributed by atoms with van der Waals surface area (Å²) >= 11 is 0. The Morgan fingerprint density at radius 2 is 1.57 bits per heavy atom. The average Bonchev–Trinajstić information content (AvgIpc) is 3.48. The lowest BCUT2D eigenvalue weighted by atomic mass is 9.96. The van der Waals surface area contributed by atoms with Gasteiger partial charge in [0.05, 0.1) is 18.2 Å². The zero-order valence-corrected chi connectivity index (χ0v) is 32.5. The number of cyclic esters (lactones) is 1. The van der Waals surface area contributed by atoms with E-state index < -0.39 is 35.9 Å². The molecular formula is C42H58N4O7. The summed E-state index contributed by atoms with van der Waals surface area (Å²) in [4.78, 5) is 63.4. The van der Waals surface area contributed by atoms with Crippen LogP contribution in [0.2, 0.25) is 0 Å². The van der Waals surface area contributed by atoms with Crippen LogP contribution in [0.25, 0.3) is 0 Å².